The molecule has 0 radical (unpaired) electrons. The zero-order valence-corrected chi connectivity index (χ0v) is 6.91. The van der Waals surface area contributed by atoms with Gasteiger partial charge < -0.3 is 9.84 Å². The summed E-state index contributed by atoms with van der Waals surface area (Å²) in [4.78, 5) is 10.9. The summed E-state index contributed by atoms with van der Waals surface area (Å²) in [5.74, 6) is -0.501. The Labute approximate surface area is 66.4 Å². The molecule has 3 atom stereocenters. The molecule has 1 rings (SSSR count). The van der Waals surface area contributed by atoms with Crippen LogP contribution in [0.2, 0.25) is 0 Å². The molecule has 0 saturated carbocycles. The highest BCUT2D eigenvalue weighted by Gasteiger charge is 2.34. The number of esters is 1. The first kappa shape index (κ1) is 8.53. The highest BCUT2D eigenvalue weighted by molar-refractivity contribution is 5.73. The molecule has 64 valence electrons. The maximum Gasteiger partial charge on any atom is 0.311 e. The molecule has 0 aliphatic carbocycles. The van der Waals surface area contributed by atoms with Crippen LogP contribution in [0.1, 0.15) is 20.3 Å². The van der Waals surface area contributed by atoms with Crippen molar-refractivity contribution >= 4 is 5.97 Å². The monoisotopic (exact) mass is 158 g/mol. The van der Waals surface area contributed by atoms with Gasteiger partial charge in [0.05, 0.1) is 18.6 Å². The van der Waals surface area contributed by atoms with Crippen molar-refractivity contribution in [2.75, 3.05) is 6.61 Å². The van der Waals surface area contributed by atoms with Crippen molar-refractivity contribution in [3.63, 3.8) is 0 Å². The summed E-state index contributed by atoms with van der Waals surface area (Å²) in [6, 6.07) is 0. The first-order valence-corrected chi connectivity index (χ1v) is 4.01. The van der Waals surface area contributed by atoms with Crippen molar-refractivity contribution in [3.05, 3.63) is 0 Å². The quantitative estimate of drug-likeness (QED) is 0.567. The van der Waals surface area contributed by atoms with Gasteiger partial charge in [-0.15, -0.1) is 0 Å². The molecule has 0 bridgehead atoms. The van der Waals surface area contributed by atoms with Gasteiger partial charge in [-0.25, -0.2) is 0 Å². The van der Waals surface area contributed by atoms with Gasteiger partial charge in [0, 0.05) is 5.92 Å². The summed E-state index contributed by atoms with van der Waals surface area (Å²) < 4.78 is 4.87. The third-order valence-electron chi connectivity index (χ3n) is 2.33. The molecule has 3 nitrogen and oxygen atoms in total. The Hall–Kier alpha value is -0.570. The first-order chi connectivity index (χ1) is 5.16. The molecule has 1 N–H and O–H groups in total. The van der Waals surface area contributed by atoms with Gasteiger partial charge in [-0.3, -0.25) is 4.79 Å². The van der Waals surface area contributed by atoms with Gasteiger partial charge >= 0.3 is 5.97 Å². The summed E-state index contributed by atoms with van der Waals surface area (Å²) in [6.45, 7) is 4.06. The van der Waals surface area contributed by atoms with Gasteiger partial charge in [0.15, 0.2) is 0 Å². The lowest BCUT2D eigenvalue weighted by Crippen LogP contribution is -2.41. The SMILES string of the molecule is CC[C@H]1COC(=O)[C@@H](C)[C@@H]1O. The number of carbonyl (C=O) groups excluding carboxylic acids is 1. The molecule has 3 heteroatoms. The Balaban J connectivity index is 2.59. The van der Waals surface area contributed by atoms with E-state index in [-0.39, 0.29) is 17.8 Å². The average molecular weight is 158 g/mol. The van der Waals surface area contributed by atoms with Crippen LogP contribution in [0, 0.1) is 11.8 Å². The molecule has 1 heterocycles. The minimum absolute atomic E-state index is 0.127. The van der Waals surface area contributed by atoms with E-state index in [1.165, 1.54) is 0 Å². The van der Waals surface area contributed by atoms with Crippen LogP contribution in [-0.2, 0) is 9.53 Å². The lowest BCUT2D eigenvalue weighted by Gasteiger charge is -2.30. The van der Waals surface area contributed by atoms with Crippen LogP contribution in [0.25, 0.3) is 0 Å². The number of rotatable bonds is 1. The minimum atomic E-state index is -0.513. The number of carbonyl (C=O) groups is 1. The fraction of sp³-hybridized carbons (Fsp3) is 0.875. The highest BCUT2D eigenvalue weighted by atomic mass is 16.5. The zero-order chi connectivity index (χ0) is 8.43. The number of hydrogen-bond acceptors (Lipinski definition) is 3. The summed E-state index contributed by atoms with van der Waals surface area (Å²) >= 11 is 0. The van der Waals surface area contributed by atoms with Gasteiger partial charge in [-0.05, 0) is 13.3 Å². The van der Waals surface area contributed by atoms with E-state index >= 15 is 0 Å². The fourth-order valence-electron chi connectivity index (χ4n) is 1.33. The molecule has 0 aromatic heterocycles. The van der Waals surface area contributed by atoms with Crippen molar-refractivity contribution in [1.82, 2.24) is 0 Å². The van der Waals surface area contributed by atoms with Crippen molar-refractivity contribution in [1.29, 1.82) is 0 Å². The van der Waals surface area contributed by atoms with E-state index in [4.69, 9.17) is 4.74 Å². The predicted molar refractivity (Wildman–Crippen MR) is 39.9 cm³/mol. The molecule has 0 spiro atoms. The molecule has 11 heavy (non-hydrogen) atoms. The molecule has 1 aliphatic rings. The molecular weight excluding hydrogens is 144 g/mol. The standard InChI is InChI=1S/C8H14O3/c1-3-6-4-11-8(10)5(2)7(6)9/h5-7,9H,3-4H2,1-2H3/t5-,6-,7-/m0/s1. The first-order valence-electron chi connectivity index (χ1n) is 4.01. The normalized spacial score (nSPS) is 38.5. The summed E-state index contributed by atoms with van der Waals surface area (Å²) in [5.41, 5.74) is 0. The Morgan fingerprint density at radius 2 is 2.36 bits per heavy atom. The molecule has 0 amide bonds. The van der Waals surface area contributed by atoms with Crippen molar-refractivity contribution in [3.8, 4) is 0 Å². The van der Waals surface area contributed by atoms with E-state index in [1.807, 2.05) is 6.92 Å². The number of cyclic esters (lactones) is 1. The topological polar surface area (TPSA) is 46.5 Å². The largest absolute Gasteiger partial charge is 0.465 e. The van der Waals surface area contributed by atoms with Crippen LogP contribution in [0.4, 0.5) is 0 Å². The molecular formula is C8H14O3. The van der Waals surface area contributed by atoms with Crippen LogP contribution in [-0.4, -0.2) is 23.8 Å². The lowest BCUT2D eigenvalue weighted by molar-refractivity contribution is -0.165. The van der Waals surface area contributed by atoms with Gasteiger partial charge in [-0.2, -0.15) is 0 Å². The van der Waals surface area contributed by atoms with Crippen LogP contribution < -0.4 is 0 Å². The van der Waals surface area contributed by atoms with E-state index in [1.54, 1.807) is 6.92 Å². The third-order valence-corrected chi connectivity index (χ3v) is 2.33. The van der Waals surface area contributed by atoms with Gasteiger partial charge in [-0.1, -0.05) is 6.92 Å². The zero-order valence-electron chi connectivity index (χ0n) is 6.91. The van der Waals surface area contributed by atoms with Crippen LogP contribution >= 0.6 is 0 Å². The molecule has 0 unspecified atom stereocenters. The molecule has 1 fully saturated rings. The van der Waals surface area contributed by atoms with E-state index in [2.05, 4.69) is 0 Å². The number of aliphatic hydroxyl groups is 1. The molecule has 0 aromatic rings. The molecule has 1 aliphatic heterocycles. The maximum absolute atomic E-state index is 10.9. The number of hydrogen-bond donors (Lipinski definition) is 1. The Morgan fingerprint density at radius 1 is 1.73 bits per heavy atom. The number of ether oxygens (including phenoxy) is 1. The second-order valence-electron chi connectivity index (χ2n) is 3.08. The smallest absolute Gasteiger partial charge is 0.311 e. The lowest BCUT2D eigenvalue weighted by atomic mass is 9.89. The second-order valence-corrected chi connectivity index (χ2v) is 3.08. The van der Waals surface area contributed by atoms with E-state index in [0.717, 1.165) is 6.42 Å². The van der Waals surface area contributed by atoms with Crippen LogP contribution in [0.3, 0.4) is 0 Å². The van der Waals surface area contributed by atoms with E-state index < -0.39 is 6.10 Å². The highest BCUT2D eigenvalue weighted by Crippen LogP contribution is 2.23. The maximum atomic E-state index is 10.9. The second kappa shape index (κ2) is 3.22. The van der Waals surface area contributed by atoms with E-state index in [0.29, 0.717) is 6.61 Å². The molecule has 0 aromatic carbocycles. The fourth-order valence-corrected chi connectivity index (χ4v) is 1.33. The van der Waals surface area contributed by atoms with Crippen molar-refractivity contribution in [2.45, 2.75) is 26.4 Å². The minimum Gasteiger partial charge on any atom is -0.465 e. The van der Waals surface area contributed by atoms with Crippen molar-refractivity contribution < 1.29 is 14.6 Å². The van der Waals surface area contributed by atoms with E-state index in [9.17, 15) is 9.90 Å². The Morgan fingerprint density at radius 3 is 2.91 bits per heavy atom. The van der Waals surface area contributed by atoms with Crippen molar-refractivity contribution in [2.24, 2.45) is 11.8 Å². The summed E-state index contributed by atoms with van der Waals surface area (Å²) in [5, 5.41) is 9.51. The van der Waals surface area contributed by atoms with Crippen LogP contribution in [0.5, 0.6) is 0 Å². The van der Waals surface area contributed by atoms with Crippen LogP contribution in [0.15, 0.2) is 0 Å². The third kappa shape index (κ3) is 1.53. The summed E-state index contributed by atoms with van der Waals surface area (Å²) in [6.07, 6.45) is 0.347. The molecule has 1 saturated heterocycles. The van der Waals surface area contributed by atoms with Gasteiger partial charge in [0.25, 0.3) is 0 Å². The average Bonchev–Trinajstić information content (AvgIpc) is 2.01. The Bertz CT molecular complexity index is 155. The summed E-state index contributed by atoms with van der Waals surface area (Å²) in [7, 11) is 0. The Kier molecular flexibility index (Phi) is 2.49. The van der Waals surface area contributed by atoms with Gasteiger partial charge in [0.1, 0.15) is 0 Å². The predicted octanol–water partition coefficient (Wildman–Crippen LogP) is 0.566. The number of aliphatic hydroxyl groups excluding tert-OH is 1. The van der Waals surface area contributed by atoms with Gasteiger partial charge in [0.2, 0.25) is 0 Å².